The number of fused-ring (bicyclic) bond motifs is 1. The van der Waals surface area contributed by atoms with Crippen LogP contribution in [0.1, 0.15) is 37.8 Å². The minimum atomic E-state index is -0.223. The van der Waals surface area contributed by atoms with E-state index in [2.05, 4.69) is 17.1 Å². The molecule has 2 saturated carbocycles. The van der Waals surface area contributed by atoms with Crippen LogP contribution >= 0.6 is 0 Å². The average molecular weight is 336 g/mol. The van der Waals surface area contributed by atoms with Gasteiger partial charge in [-0.3, -0.25) is 4.98 Å². The normalized spacial score (nSPS) is 29.0. The van der Waals surface area contributed by atoms with Gasteiger partial charge in [-0.05, 0) is 60.4 Å². The molecule has 0 saturated heterocycles. The molecule has 2 N–H and O–H groups in total. The lowest BCUT2D eigenvalue weighted by Gasteiger charge is -2.28. The average Bonchev–Trinajstić information content (AvgIpc) is 2.95. The van der Waals surface area contributed by atoms with Crippen molar-refractivity contribution < 1.29 is 4.39 Å². The number of rotatable bonds is 3. The van der Waals surface area contributed by atoms with E-state index >= 15 is 0 Å². The Morgan fingerprint density at radius 3 is 2.76 bits per heavy atom. The maximum atomic E-state index is 13.4. The fourth-order valence-electron chi connectivity index (χ4n) is 4.70. The summed E-state index contributed by atoms with van der Waals surface area (Å²) >= 11 is 0. The molecular formula is C22H25FN2. The van der Waals surface area contributed by atoms with Gasteiger partial charge in [0.05, 0.1) is 5.69 Å². The first kappa shape index (κ1) is 16.5. The van der Waals surface area contributed by atoms with Crippen LogP contribution in [0.25, 0.3) is 17.2 Å². The number of pyridine rings is 1. The van der Waals surface area contributed by atoms with Crippen molar-refractivity contribution in [1.82, 2.24) is 4.98 Å². The van der Waals surface area contributed by atoms with E-state index in [1.165, 1.54) is 44.2 Å². The van der Waals surface area contributed by atoms with Crippen molar-refractivity contribution in [2.24, 2.45) is 23.5 Å². The van der Waals surface area contributed by atoms with Gasteiger partial charge in [-0.15, -0.1) is 0 Å². The highest BCUT2D eigenvalue weighted by Crippen LogP contribution is 2.46. The van der Waals surface area contributed by atoms with Crippen molar-refractivity contribution in [3.05, 3.63) is 60.2 Å². The number of nitrogens with zero attached hydrogens (tertiary/aromatic N) is 1. The summed E-state index contributed by atoms with van der Waals surface area (Å²) in [7, 11) is 0. The highest BCUT2D eigenvalue weighted by molar-refractivity contribution is 5.63. The molecular weight excluding hydrogens is 311 g/mol. The Morgan fingerprint density at radius 1 is 1.08 bits per heavy atom. The summed E-state index contributed by atoms with van der Waals surface area (Å²) in [6.45, 7) is 0. The van der Waals surface area contributed by atoms with Gasteiger partial charge in [0.1, 0.15) is 5.82 Å². The lowest BCUT2D eigenvalue weighted by molar-refractivity contribution is 0.249. The molecule has 2 aliphatic carbocycles. The van der Waals surface area contributed by atoms with Crippen LogP contribution in [0.4, 0.5) is 4.39 Å². The van der Waals surface area contributed by atoms with Crippen LogP contribution in [0, 0.1) is 23.6 Å². The quantitative estimate of drug-likeness (QED) is 0.851. The fraction of sp³-hybridized carbons (Fsp3) is 0.409. The molecule has 25 heavy (non-hydrogen) atoms. The molecule has 2 nitrogen and oxygen atoms in total. The summed E-state index contributed by atoms with van der Waals surface area (Å²) in [4.78, 5) is 4.52. The lowest BCUT2D eigenvalue weighted by atomic mass is 9.78. The Labute approximate surface area is 149 Å². The van der Waals surface area contributed by atoms with Crippen LogP contribution in [-0.2, 0) is 0 Å². The van der Waals surface area contributed by atoms with Gasteiger partial charge in [0.25, 0.3) is 0 Å². The van der Waals surface area contributed by atoms with E-state index in [9.17, 15) is 4.39 Å². The summed E-state index contributed by atoms with van der Waals surface area (Å²) in [5, 5.41) is 0. The SMILES string of the molecule is NC1C[C@@H]2CCCC[C@@H]2[C@H]1/C=C/c1ccc(-c2cccc(F)c2)cn1. The van der Waals surface area contributed by atoms with Crippen molar-refractivity contribution >= 4 is 6.08 Å². The molecule has 0 spiro atoms. The Morgan fingerprint density at radius 2 is 1.96 bits per heavy atom. The van der Waals surface area contributed by atoms with E-state index in [4.69, 9.17) is 5.73 Å². The molecule has 4 atom stereocenters. The molecule has 130 valence electrons. The number of benzene rings is 1. The molecule has 2 aromatic rings. The fourth-order valence-corrected chi connectivity index (χ4v) is 4.70. The van der Waals surface area contributed by atoms with Crippen molar-refractivity contribution in [1.29, 1.82) is 0 Å². The van der Waals surface area contributed by atoms with Crippen LogP contribution in [0.5, 0.6) is 0 Å². The van der Waals surface area contributed by atoms with Crippen molar-refractivity contribution in [3.8, 4) is 11.1 Å². The summed E-state index contributed by atoms with van der Waals surface area (Å²) in [5.41, 5.74) is 9.13. The van der Waals surface area contributed by atoms with E-state index in [-0.39, 0.29) is 11.9 Å². The molecule has 2 fully saturated rings. The molecule has 1 unspecified atom stereocenters. The van der Waals surface area contributed by atoms with Crippen LogP contribution in [0.15, 0.2) is 48.7 Å². The van der Waals surface area contributed by atoms with E-state index in [0.717, 1.165) is 28.7 Å². The number of hydrogen-bond acceptors (Lipinski definition) is 2. The van der Waals surface area contributed by atoms with Gasteiger partial charge in [-0.1, -0.05) is 43.5 Å². The Bertz CT molecular complexity index is 753. The molecule has 0 bridgehead atoms. The third kappa shape index (κ3) is 3.52. The number of hydrogen-bond donors (Lipinski definition) is 1. The predicted octanol–water partition coefficient (Wildman–Crippen LogP) is 5.05. The Kier molecular flexibility index (Phi) is 4.67. The first-order chi connectivity index (χ1) is 12.2. The number of halogens is 1. The first-order valence-corrected chi connectivity index (χ1v) is 9.36. The predicted molar refractivity (Wildman–Crippen MR) is 100 cm³/mol. The van der Waals surface area contributed by atoms with Gasteiger partial charge in [0.2, 0.25) is 0 Å². The number of nitrogens with two attached hydrogens (primary N) is 1. The van der Waals surface area contributed by atoms with Gasteiger partial charge in [-0.2, -0.15) is 0 Å². The molecule has 1 heterocycles. The Balaban J connectivity index is 1.48. The second-order valence-electron chi connectivity index (χ2n) is 7.53. The number of aromatic nitrogens is 1. The van der Waals surface area contributed by atoms with Gasteiger partial charge in [0, 0.05) is 17.8 Å². The minimum Gasteiger partial charge on any atom is -0.327 e. The molecule has 0 amide bonds. The van der Waals surface area contributed by atoms with Gasteiger partial charge in [0.15, 0.2) is 0 Å². The third-order valence-corrected chi connectivity index (χ3v) is 5.97. The van der Waals surface area contributed by atoms with Gasteiger partial charge in [-0.25, -0.2) is 4.39 Å². The summed E-state index contributed by atoms with van der Waals surface area (Å²) in [6, 6.07) is 10.9. The van der Waals surface area contributed by atoms with Crippen molar-refractivity contribution in [2.45, 2.75) is 38.1 Å². The molecule has 2 aliphatic rings. The summed E-state index contributed by atoms with van der Waals surface area (Å²) in [5.74, 6) is 1.84. The van der Waals surface area contributed by atoms with Gasteiger partial charge >= 0.3 is 0 Å². The van der Waals surface area contributed by atoms with Crippen molar-refractivity contribution in [3.63, 3.8) is 0 Å². The van der Waals surface area contributed by atoms with Crippen LogP contribution in [0.3, 0.4) is 0 Å². The molecule has 1 aromatic carbocycles. The zero-order valence-corrected chi connectivity index (χ0v) is 14.4. The summed E-state index contributed by atoms with van der Waals surface area (Å²) in [6.07, 6.45) is 12.8. The maximum absolute atomic E-state index is 13.4. The molecule has 0 radical (unpaired) electrons. The minimum absolute atomic E-state index is 0.223. The third-order valence-electron chi connectivity index (χ3n) is 5.97. The maximum Gasteiger partial charge on any atom is 0.123 e. The largest absolute Gasteiger partial charge is 0.327 e. The van der Waals surface area contributed by atoms with Crippen LogP contribution < -0.4 is 5.73 Å². The second kappa shape index (κ2) is 7.09. The van der Waals surface area contributed by atoms with E-state index in [1.807, 2.05) is 24.4 Å². The lowest BCUT2D eigenvalue weighted by Crippen LogP contribution is -2.26. The topological polar surface area (TPSA) is 38.9 Å². The Hall–Kier alpha value is -2.00. The summed E-state index contributed by atoms with van der Waals surface area (Å²) < 4.78 is 13.4. The standard InChI is InChI=1S/C22H25FN2/c23-18-6-3-5-15(12-18)17-8-9-19(25-14-17)10-11-21-20-7-2-1-4-16(20)13-22(21)24/h3,5-6,8-12,14,16,20-22H,1-2,4,7,13,24H2/b11-10+/t16-,20-,21+,22?/m0/s1. The zero-order chi connectivity index (χ0) is 17.2. The van der Waals surface area contributed by atoms with E-state index < -0.39 is 0 Å². The first-order valence-electron chi connectivity index (χ1n) is 9.36. The van der Waals surface area contributed by atoms with Crippen LogP contribution in [-0.4, -0.2) is 11.0 Å². The van der Waals surface area contributed by atoms with Gasteiger partial charge < -0.3 is 5.73 Å². The van der Waals surface area contributed by atoms with Crippen molar-refractivity contribution in [2.75, 3.05) is 0 Å². The molecule has 0 aliphatic heterocycles. The van der Waals surface area contributed by atoms with E-state index in [0.29, 0.717) is 5.92 Å². The molecule has 4 rings (SSSR count). The van der Waals surface area contributed by atoms with E-state index in [1.54, 1.807) is 6.07 Å². The molecule has 1 aromatic heterocycles. The molecule has 3 heteroatoms. The highest BCUT2D eigenvalue weighted by Gasteiger charge is 2.40. The zero-order valence-electron chi connectivity index (χ0n) is 14.4. The smallest absolute Gasteiger partial charge is 0.123 e. The van der Waals surface area contributed by atoms with Crippen LogP contribution in [0.2, 0.25) is 0 Å². The monoisotopic (exact) mass is 336 g/mol. The highest BCUT2D eigenvalue weighted by atomic mass is 19.1. The second-order valence-corrected chi connectivity index (χ2v) is 7.53.